The summed E-state index contributed by atoms with van der Waals surface area (Å²) in [4.78, 5) is 21.1. The highest BCUT2D eigenvalue weighted by Gasteiger charge is 2.56. The smallest absolute Gasteiger partial charge is 0.230 e. The van der Waals surface area contributed by atoms with Gasteiger partial charge < -0.3 is 15.2 Å². The van der Waals surface area contributed by atoms with Gasteiger partial charge >= 0.3 is 0 Å². The lowest BCUT2D eigenvalue weighted by Crippen LogP contribution is -2.41. The Kier molecular flexibility index (Phi) is 4.61. The van der Waals surface area contributed by atoms with Crippen molar-refractivity contribution in [1.29, 1.82) is 0 Å². The minimum Gasteiger partial charge on any atom is -0.390 e. The van der Waals surface area contributed by atoms with E-state index in [1.165, 1.54) is 6.20 Å². The van der Waals surface area contributed by atoms with E-state index in [1.807, 2.05) is 19.1 Å². The minimum atomic E-state index is -0.575. The van der Waals surface area contributed by atoms with Crippen molar-refractivity contribution in [3.8, 4) is 0 Å². The van der Waals surface area contributed by atoms with Crippen molar-refractivity contribution in [2.24, 2.45) is 5.92 Å². The van der Waals surface area contributed by atoms with Crippen LogP contribution < -0.4 is 5.32 Å². The second kappa shape index (κ2) is 6.78. The highest BCUT2D eigenvalue weighted by atomic mass is 35.5. The number of fused-ring (bicyclic) bond motifs is 2. The summed E-state index contributed by atoms with van der Waals surface area (Å²) in [6.45, 7) is 1.89. The first-order valence-electron chi connectivity index (χ1n) is 8.32. The molecule has 136 valence electrons. The molecule has 0 radical (unpaired) electrons. The van der Waals surface area contributed by atoms with E-state index >= 15 is 0 Å². The highest BCUT2D eigenvalue weighted by Crippen LogP contribution is 2.49. The molecule has 0 aromatic carbocycles. The standard InChI is InChI=1S/C18H17Cl2N3O3/c1-8-4-9(2-3-21-8)14-15(13-6-12(24)16(14)26-13)18(25)23-10-5-11(19)17(20)22-7-10/h2-5,7,12-16,24H,6H2,1H3,(H,23,25)/t12-,13+,14?,15+,16-/m1/s1. The summed E-state index contributed by atoms with van der Waals surface area (Å²) in [6, 6.07) is 5.36. The van der Waals surface area contributed by atoms with Gasteiger partial charge in [-0.3, -0.25) is 9.78 Å². The van der Waals surface area contributed by atoms with Crippen LogP contribution in [0.15, 0.2) is 30.6 Å². The molecule has 2 fully saturated rings. The first-order valence-corrected chi connectivity index (χ1v) is 9.07. The van der Waals surface area contributed by atoms with Crippen LogP contribution in [0.1, 0.15) is 23.6 Å². The van der Waals surface area contributed by atoms with Crippen LogP contribution in [0.25, 0.3) is 0 Å². The van der Waals surface area contributed by atoms with Gasteiger partial charge in [-0.2, -0.15) is 0 Å². The topological polar surface area (TPSA) is 84.3 Å². The van der Waals surface area contributed by atoms with Crippen LogP contribution in [0.4, 0.5) is 5.69 Å². The Morgan fingerprint density at radius 3 is 2.88 bits per heavy atom. The molecule has 4 rings (SSSR count). The van der Waals surface area contributed by atoms with Gasteiger partial charge in [-0.05, 0) is 30.7 Å². The first kappa shape index (κ1) is 17.7. The fraction of sp³-hybridized carbons (Fsp3) is 0.389. The summed E-state index contributed by atoms with van der Waals surface area (Å²) >= 11 is 11.8. The van der Waals surface area contributed by atoms with Crippen LogP contribution >= 0.6 is 23.2 Å². The molecular weight excluding hydrogens is 377 g/mol. The minimum absolute atomic E-state index is 0.182. The third-order valence-corrected chi connectivity index (χ3v) is 5.68. The number of nitrogens with one attached hydrogen (secondary N) is 1. The van der Waals surface area contributed by atoms with Gasteiger partial charge in [-0.1, -0.05) is 23.2 Å². The summed E-state index contributed by atoms with van der Waals surface area (Å²) < 4.78 is 5.91. The molecule has 0 saturated carbocycles. The summed E-state index contributed by atoms with van der Waals surface area (Å²) in [5.41, 5.74) is 2.26. The molecule has 2 bridgehead atoms. The number of hydrogen-bond donors (Lipinski definition) is 2. The molecule has 26 heavy (non-hydrogen) atoms. The molecule has 2 aromatic rings. The van der Waals surface area contributed by atoms with Crippen LogP contribution in [0, 0.1) is 12.8 Å². The molecule has 5 atom stereocenters. The number of nitrogens with zero attached hydrogens (tertiary/aromatic N) is 2. The van der Waals surface area contributed by atoms with Crippen LogP contribution in [0.2, 0.25) is 10.2 Å². The van der Waals surface area contributed by atoms with Crippen molar-refractivity contribution in [2.45, 2.75) is 37.6 Å². The largest absolute Gasteiger partial charge is 0.390 e. The number of hydrogen-bond acceptors (Lipinski definition) is 5. The van der Waals surface area contributed by atoms with Crippen molar-refractivity contribution in [3.05, 3.63) is 52.0 Å². The maximum absolute atomic E-state index is 13.0. The number of aryl methyl sites for hydroxylation is 1. The van der Waals surface area contributed by atoms with Crippen molar-refractivity contribution < 1.29 is 14.6 Å². The number of ether oxygens (including phenoxy) is 1. The number of aromatic nitrogens is 2. The van der Waals surface area contributed by atoms with Gasteiger partial charge in [-0.25, -0.2) is 4.98 Å². The maximum Gasteiger partial charge on any atom is 0.230 e. The van der Waals surface area contributed by atoms with Gasteiger partial charge in [0.05, 0.1) is 41.1 Å². The van der Waals surface area contributed by atoms with Crippen LogP contribution in [-0.4, -0.2) is 39.3 Å². The van der Waals surface area contributed by atoms with Crippen molar-refractivity contribution >= 4 is 34.8 Å². The van der Waals surface area contributed by atoms with E-state index in [0.717, 1.165) is 11.3 Å². The fourth-order valence-corrected chi connectivity index (χ4v) is 4.20. The van der Waals surface area contributed by atoms with E-state index in [4.69, 9.17) is 27.9 Å². The molecule has 0 spiro atoms. The summed E-state index contributed by atoms with van der Waals surface area (Å²) in [6.07, 6.45) is 2.31. The zero-order chi connectivity index (χ0) is 18.4. The molecule has 2 aliphatic rings. The van der Waals surface area contributed by atoms with E-state index in [-0.39, 0.29) is 28.1 Å². The predicted molar refractivity (Wildman–Crippen MR) is 97.4 cm³/mol. The average molecular weight is 394 g/mol. The number of halogens is 2. The van der Waals surface area contributed by atoms with Crippen LogP contribution in [-0.2, 0) is 9.53 Å². The number of pyridine rings is 2. The van der Waals surface area contributed by atoms with Gasteiger partial charge in [0, 0.05) is 24.2 Å². The van der Waals surface area contributed by atoms with Crippen LogP contribution in [0.3, 0.4) is 0 Å². The van der Waals surface area contributed by atoms with E-state index in [9.17, 15) is 9.90 Å². The first-order chi connectivity index (χ1) is 12.4. The molecule has 2 N–H and O–H groups in total. The van der Waals surface area contributed by atoms with E-state index in [2.05, 4.69) is 15.3 Å². The number of carbonyl (C=O) groups is 1. The van der Waals surface area contributed by atoms with Gasteiger partial charge in [0.15, 0.2) is 0 Å². The lowest BCUT2D eigenvalue weighted by molar-refractivity contribution is -0.121. The zero-order valence-corrected chi connectivity index (χ0v) is 15.4. The molecule has 8 heteroatoms. The molecule has 4 heterocycles. The molecule has 0 aliphatic carbocycles. The Labute approximate surface area is 160 Å². The van der Waals surface area contributed by atoms with Crippen molar-refractivity contribution in [3.63, 3.8) is 0 Å². The fourth-order valence-electron chi connectivity index (χ4n) is 3.93. The van der Waals surface area contributed by atoms with Crippen LogP contribution in [0.5, 0.6) is 0 Å². The third kappa shape index (κ3) is 3.07. The Hall–Kier alpha value is -1.73. The molecule has 2 saturated heterocycles. The second-order valence-electron chi connectivity index (χ2n) is 6.71. The Morgan fingerprint density at radius 2 is 2.15 bits per heavy atom. The average Bonchev–Trinajstić information content (AvgIpc) is 3.15. The number of aliphatic hydroxyl groups excluding tert-OH is 1. The predicted octanol–water partition coefficient (Wildman–Crippen LogP) is 2.96. The second-order valence-corrected chi connectivity index (χ2v) is 7.48. The third-order valence-electron chi connectivity index (χ3n) is 5.00. The number of rotatable bonds is 3. The molecular formula is C18H17Cl2N3O3. The van der Waals surface area contributed by atoms with Crippen molar-refractivity contribution in [2.75, 3.05) is 5.32 Å². The summed E-state index contributed by atoms with van der Waals surface area (Å²) in [5.74, 6) is -0.843. The lowest BCUT2D eigenvalue weighted by Gasteiger charge is -2.30. The van der Waals surface area contributed by atoms with Gasteiger partial charge in [0.2, 0.25) is 5.91 Å². The Morgan fingerprint density at radius 1 is 1.35 bits per heavy atom. The summed E-state index contributed by atoms with van der Waals surface area (Å²) in [7, 11) is 0. The normalized spacial score (nSPS) is 29.8. The van der Waals surface area contributed by atoms with Gasteiger partial charge in [0.25, 0.3) is 0 Å². The van der Waals surface area contributed by atoms with Gasteiger partial charge in [0.1, 0.15) is 5.15 Å². The lowest BCUT2D eigenvalue weighted by atomic mass is 9.74. The summed E-state index contributed by atoms with van der Waals surface area (Å²) in [5, 5.41) is 13.6. The zero-order valence-electron chi connectivity index (χ0n) is 13.9. The number of aliphatic hydroxyl groups is 1. The molecule has 1 amide bonds. The maximum atomic E-state index is 13.0. The van der Waals surface area contributed by atoms with Crippen molar-refractivity contribution in [1.82, 2.24) is 9.97 Å². The number of carbonyl (C=O) groups excluding carboxylic acids is 1. The molecule has 6 nitrogen and oxygen atoms in total. The molecule has 1 unspecified atom stereocenters. The van der Waals surface area contributed by atoms with E-state index in [0.29, 0.717) is 12.1 Å². The highest BCUT2D eigenvalue weighted by molar-refractivity contribution is 6.41. The Balaban J connectivity index is 1.62. The Bertz CT molecular complexity index is 863. The SMILES string of the molecule is Cc1cc(C2[C@@H](C(=O)Nc3cnc(Cl)c(Cl)c3)[C@@H]3C[C@@H](O)[C@H]2O3)ccn1. The molecule has 2 aliphatic heterocycles. The number of amides is 1. The van der Waals surface area contributed by atoms with E-state index in [1.54, 1.807) is 12.3 Å². The van der Waals surface area contributed by atoms with Gasteiger partial charge in [-0.15, -0.1) is 0 Å². The van der Waals surface area contributed by atoms with E-state index < -0.39 is 18.1 Å². The number of anilines is 1. The molecule has 2 aromatic heterocycles. The monoisotopic (exact) mass is 393 g/mol. The quantitative estimate of drug-likeness (QED) is 0.782.